The van der Waals surface area contributed by atoms with Crippen LogP contribution < -0.4 is 20.3 Å². The molecule has 0 fully saturated rings. The summed E-state index contributed by atoms with van der Waals surface area (Å²) < 4.78 is 11.9. The number of ether oxygens (including phenoxy) is 2. The molecule has 0 spiro atoms. The molecule has 2 amide bonds. The Morgan fingerprint density at radius 3 is 2.44 bits per heavy atom. The molecule has 2 aromatic rings. The maximum Gasteiger partial charge on any atom is 0.279 e. The summed E-state index contributed by atoms with van der Waals surface area (Å²) in [5.41, 5.74) is 6.74. The summed E-state index contributed by atoms with van der Waals surface area (Å²) >= 11 is 3.37. The first-order valence-electron chi connectivity index (χ1n) is 8.62. The fraction of sp³-hybridized carbons (Fsp3) is 0.300. The first-order valence-corrected chi connectivity index (χ1v) is 9.41. The number of nitrogens with one attached hydrogen (secondary N) is 2. The molecule has 0 radical (unpaired) electrons. The van der Waals surface area contributed by atoms with E-state index in [9.17, 15) is 9.59 Å². The average molecular weight is 435 g/mol. The molecular formula is C20H23BrN2O4. The van der Waals surface area contributed by atoms with Gasteiger partial charge in [0, 0.05) is 4.47 Å². The van der Waals surface area contributed by atoms with E-state index < -0.39 is 17.9 Å². The smallest absolute Gasteiger partial charge is 0.279 e. The zero-order valence-corrected chi connectivity index (χ0v) is 17.1. The zero-order chi connectivity index (χ0) is 19.8. The minimum atomic E-state index is -0.757. The Hall–Kier alpha value is -2.54. The summed E-state index contributed by atoms with van der Waals surface area (Å²) in [5.74, 6) is 0.273. The number of halogens is 1. The van der Waals surface area contributed by atoms with Crippen molar-refractivity contribution in [2.75, 3.05) is 6.61 Å². The van der Waals surface area contributed by atoms with Gasteiger partial charge in [-0.05, 0) is 61.7 Å². The van der Waals surface area contributed by atoms with E-state index in [0.29, 0.717) is 11.5 Å². The maximum atomic E-state index is 12.0. The van der Waals surface area contributed by atoms with Crippen molar-refractivity contribution in [2.24, 2.45) is 0 Å². The number of hydrogen-bond acceptors (Lipinski definition) is 4. The van der Waals surface area contributed by atoms with Gasteiger partial charge in [0.2, 0.25) is 0 Å². The maximum absolute atomic E-state index is 12.0. The number of amides is 2. The first kappa shape index (κ1) is 20.8. The molecule has 2 aromatic carbocycles. The molecule has 0 saturated carbocycles. The predicted molar refractivity (Wildman–Crippen MR) is 107 cm³/mol. The van der Waals surface area contributed by atoms with E-state index in [-0.39, 0.29) is 6.61 Å². The van der Waals surface area contributed by atoms with E-state index in [1.807, 2.05) is 43.3 Å². The van der Waals surface area contributed by atoms with Crippen LogP contribution in [0.15, 0.2) is 46.9 Å². The second kappa shape index (κ2) is 9.97. The summed E-state index contributed by atoms with van der Waals surface area (Å²) in [6.07, 6.45) is 0.178. The van der Waals surface area contributed by atoms with Crippen LogP contribution in [0.5, 0.6) is 11.5 Å². The quantitative estimate of drug-likeness (QED) is 0.655. The van der Waals surface area contributed by atoms with Gasteiger partial charge < -0.3 is 9.47 Å². The van der Waals surface area contributed by atoms with Crippen molar-refractivity contribution in [1.29, 1.82) is 0 Å². The minimum Gasteiger partial charge on any atom is -0.483 e. The van der Waals surface area contributed by atoms with Crippen molar-refractivity contribution in [1.82, 2.24) is 10.9 Å². The zero-order valence-electron chi connectivity index (χ0n) is 15.5. The SMILES string of the molecule is CCc1ccc(OC(C)C(=O)NNC(=O)COc2ccc(Br)cc2C)cc1. The molecule has 0 aliphatic heterocycles. The Kier molecular flexibility index (Phi) is 7.67. The standard InChI is InChI=1S/C20H23BrN2O4/c1-4-15-5-8-17(9-6-15)27-14(3)20(25)23-22-19(24)12-26-18-10-7-16(21)11-13(18)2/h5-11,14H,4,12H2,1-3H3,(H,22,24)(H,23,25). The molecule has 0 aromatic heterocycles. The van der Waals surface area contributed by atoms with Gasteiger partial charge in [0.1, 0.15) is 11.5 Å². The second-order valence-electron chi connectivity index (χ2n) is 5.99. The normalized spacial score (nSPS) is 11.4. The van der Waals surface area contributed by atoms with Crippen molar-refractivity contribution < 1.29 is 19.1 Å². The van der Waals surface area contributed by atoms with Gasteiger partial charge in [-0.25, -0.2) is 0 Å². The number of aryl methyl sites for hydroxylation is 2. The number of hydrazine groups is 1. The summed E-state index contributed by atoms with van der Waals surface area (Å²) in [4.78, 5) is 23.9. The lowest BCUT2D eigenvalue weighted by Gasteiger charge is -2.15. The molecule has 27 heavy (non-hydrogen) atoms. The summed E-state index contributed by atoms with van der Waals surface area (Å²) in [7, 11) is 0. The predicted octanol–water partition coefficient (Wildman–Crippen LogP) is 3.31. The highest BCUT2D eigenvalue weighted by Gasteiger charge is 2.15. The number of carbonyl (C=O) groups excluding carboxylic acids is 2. The van der Waals surface area contributed by atoms with Gasteiger partial charge in [0.05, 0.1) is 0 Å². The van der Waals surface area contributed by atoms with Gasteiger partial charge in [0.25, 0.3) is 11.8 Å². The topological polar surface area (TPSA) is 76.7 Å². The van der Waals surface area contributed by atoms with Crippen molar-refractivity contribution >= 4 is 27.7 Å². The summed E-state index contributed by atoms with van der Waals surface area (Å²) in [5, 5.41) is 0. The molecule has 2 N–H and O–H groups in total. The van der Waals surface area contributed by atoms with Crippen molar-refractivity contribution in [3.8, 4) is 11.5 Å². The molecule has 6 nitrogen and oxygen atoms in total. The highest BCUT2D eigenvalue weighted by atomic mass is 79.9. The Morgan fingerprint density at radius 2 is 1.81 bits per heavy atom. The van der Waals surface area contributed by atoms with Gasteiger partial charge in [-0.1, -0.05) is 35.0 Å². The van der Waals surface area contributed by atoms with Gasteiger partial charge in [-0.2, -0.15) is 0 Å². The van der Waals surface area contributed by atoms with Crippen LogP contribution in [0.2, 0.25) is 0 Å². The fourth-order valence-corrected chi connectivity index (χ4v) is 2.72. The number of hydrogen-bond donors (Lipinski definition) is 2. The molecule has 0 aliphatic rings. The lowest BCUT2D eigenvalue weighted by Crippen LogP contribution is -2.48. The molecule has 7 heteroatoms. The number of rotatable bonds is 7. The lowest BCUT2D eigenvalue weighted by molar-refractivity contribution is -0.133. The van der Waals surface area contributed by atoms with Crippen LogP contribution >= 0.6 is 15.9 Å². The van der Waals surface area contributed by atoms with Crippen LogP contribution in [0.4, 0.5) is 0 Å². The number of carbonyl (C=O) groups is 2. The monoisotopic (exact) mass is 434 g/mol. The average Bonchev–Trinajstić information content (AvgIpc) is 2.66. The lowest BCUT2D eigenvalue weighted by atomic mass is 10.2. The van der Waals surface area contributed by atoms with E-state index in [1.54, 1.807) is 13.0 Å². The third-order valence-corrected chi connectivity index (χ3v) is 4.33. The molecule has 0 saturated heterocycles. The van der Waals surface area contributed by atoms with E-state index in [4.69, 9.17) is 9.47 Å². The van der Waals surface area contributed by atoms with Gasteiger partial charge >= 0.3 is 0 Å². The Labute approximate surface area is 167 Å². The van der Waals surface area contributed by atoms with E-state index in [2.05, 4.69) is 33.7 Å². The van der Waals surface area contributed by atoms with Crippen LogP contribution in [-0.4, -0.2) is 24.5 Å². The van der Waals surface area contributed by atoms with Crippen molar-refractivity contribution in [3.63, 3.8) is 0 Å². The van der Waals surface area contributed by atoms with Crippen molar-refractivity contribution in [3.05, 3.63) is 58.1 Å². The fourth-order valence-electron chi connectivity index (χ4n) is 2.25. The third-order valence-electron chi connectivity index (χ3n) is 3.83. The van der Waals surface area contributed by atoms with Crippen LogP contribution in [-0.2, 0) is 16.0 Å². The first-order chi connectivity index (χ1) is 12.9. The largest absolute Gasteiger partial charge is 0.483 e. The molecule has 144 valence electrons. The highest BCUT2D eigenvalue weighted by molar-refractivity contribution is 9.10. The molecule has 2 rings (SSSR count). The molecule has 0 bridgehead atoms. The van der Waals surface area contributed by atoms with E-state index in [1.165, 1.54) is 5.56 Å². The molecule has 1 atom stereocenters. The molecule has 0 aliphatic carbocycles. The third kappa shape index (κ3) is 6.60. The summed E-state index contributed by atoms with van der Waals surface area (Å²) in [6, 6.07) is 13.0. The Bertz CT molecular complexity index is 793. The Balaban J connectivity index is 1.75. The Morgan fingerprint density at radius 1 is 1.11 bits per heavy atom. The van der Waals surface area contributed by atoms with E-state index in [0.717, 1.165) is 16.5 Å². The highest BCUT2D eigenvalue weighted by Crippen LogP contribution is 2.21. The van der Waals surface area contributed by atoms with Crippen molar-refractivity contribution in [2.45, 2.75) is 33.3 Å². The second-order valence-corrected chi connectivity index (χ2v) is 6.91. The molecule has 1 unspecified atom stereocenters. The van der Waals surface area contributed by atoms with Gasteiger partial charge in [-0.3, -0.25) is 20.4 Å². The molecular weight excluding hydrogens is 412 g/mol. The van der Waals surface area contributed by atoms with Crippen LogP contribution in [0.1, 0.15) is 25.0 Å². The van der Waals surface area contributed by atoms with Crippen LogP contribution in [0.25, 0.3) is 0 Å². The van der Waals surface area contributed by atoms with E-state index >= 15 is 0 Å². The summed E-state index contributed by atoms with van der Waals surface area (Å²) in [6.45, 7) is 5.34. The van der Waals surface area contributed by atoms with Gasteiger partial charge in [-0.15, -0.1) is 0 Å². The molecule has 0 heterocycles. The van der Waals surface area contributed by atoms with Crippen LogP contribution in [0, 0.1) is 6.92 Å². The van der Waals surface area contributed by atoms with Crippen LogP contribution in [0.3, 0.4) is 0 Å². The number of benzene rings is 2. The van der Waals surface area contributed by atoms with Gasteiger partial charge in [0.15, 0.2) is 12.7 Å². The minimum absolute atomic E-state index is 0.212.